The summed E-state index contributed by atoms with van der Waals surface area (Å²) in [4.78, 5) is 6.70. The molecule has 5 rings (SSSR count). The summed E-state index contributed by atoms with van der Waals surface area (Å²) in [5.74, 6) is 2.80. The van der Waals surface area contributed by atoms with E-state index in [1.165, 1.54) is 0 Å². The summed E-state index contributed by atoms with van der Waals surface area (Å²) >= 11 is 0. The first-order valence-corrected chi connectivity index (χ1v) is 9.91. The highest BCUT2D eigenvalue weighted by Gasteiger charge is 2.13. The molecule has 5 aromatic rings. The summed E-state index contributed by atoms with van der Waals surface area (Å²) < 4.78 is 7.94. The van der Waals surface area contributed by atoms with Crippen LogP contribution in [0.15, 0.2) is 66.9 Å². The molecule has 3 aromatic heterocycles. The molecule has 1 N–H and O–H groups in total. The van der Waals surface area contributed by atoms with Crippen LogP contribution in [-0.4, -0.2) is 42.3 Å². The highest BCUT2D eigenvalue weighted by molar-refractivity contribution is 5.65. The van der Waals surface area contributed by atoms with Crippen molar-refractivity contribution in [1.29, 1.82) is 0 Å². The zero-order chi connectivity index (χ0) is 21.2. The smallest absolute Gasteiger partial charge is 0.208 e. The molecule has 0 saturated heterocycles. The molecule has 0 unspecified atom stereocenters. The van der Waals surface area contributed by atoms with Gasteiger partial charge in [0, 0.05) is 30.6 Å². The number of hydrogen-bond acceptors (Lipinski definition) is 7. The predicted octanol–water partition coefficient (Wildman–Crippen LogP) is 4.03. The molecule has 0 aliphatic rings. The molecule has 2 aromatic carbocycles. The van der Waals surface area contributed by atoms with Gasteiger partial charge in [-0.1, -0.05) is 19.1 Å². The van der Waals surface area contributed by atoms with E-state index in [1.807, 2.05) is 66.2 Å². The molecule has 0 saturated carbocycles. The number of aryl methyl sites for hydroxylation is 1. The summed E-state index contributed by atoms with van der Waals surface area (Å²) in [6.45, 7) is 2.09. The molecule has 0 fully saturated rings. The Labute approximate surface area is 178 Å². The lowest BCUT2D eigenvalue weighted by atomic mass is 10.2. The first kappa shape index (κ1) is 18.7. The van der Waals surface area contributed by atoms with E-state index in [0.29, 0.717) is 17.3 Å². The average Bonchev–Trinajstić information content (AvgIpc) is 3.51. The maximum atomic E-state index is 6.10. The second-order valence-electron chi connectivity index (χ2n) is 6.95. The van der Waals surface area contributed by atoms with Gasteiger partial charge in [0.25, 0.3) is 0 Å². The molecule has 0 aliphatic heterocycles. The minimum atomic E-state index is 0.486. The number of fused-ring (bicyclic) bond motifs is 1. The topological polar surface area (TPSA) is 97.1 Å². The van der Waals surface area contributed by atoms with Crippen molar-refractivity contribution < 1.29 is 4.74 Å². The van der Waals surface area contributed by atoms with Crippen molar-refractivity contribution in [2.75, 3.05) is 11.9 Å². The minimum Gasteiger partial charge on any atom is -0.457 e. The lowest BCUT2D eigenvalue weighted by Crippen LogP contribution is -2.15. The third kappa shape index (κ3) is 3.57. The van der Waals surface area contributed by atoms with Crippen molar-refractivity contribution in [2.24, 2.45) is 0 Å². The van der Waals surface area contributed by atoms with Crippen molar-refractivity contribution in [3.8, 4) is 22.9 Å². The van der Waals surface area contributed by atoms with Crippen molar-refractivity contribution in [1.82, 2.24) is 35.2 Å². The largest absolute Gasteiger partial charge is 0.457 e. The van der Waals surface area contributed by atoms with E-state index in [4.69, 9.17) is 4.74 Å². The van der Waals surface area contributed by atoms with Gasteiger partial charge in [-0.25, -0.2) is 4.98 Å². The van der Waals surface area contributed by atoms with Gasteiger partial charge in [-0.05, 0) is 48.0 Å². The van der Waals surface area contributed by atoms with Gasteiger partial charge >= 0.3 is 0 Å². The lowest BCUT2D eigenvalue weighted by Gasteiger charge is -2.21. The van der Waals surface area contributed by atoms with Crippen molar-refractivity contribution in [3.63, 3.8) is 0 Å². The van der Waals surface area contributed by atoms with Crippen LogP contribution < -0.4 is 9.64 Å². The van der Waals surface area contributed by atoms with E-state index in [-0.39, 0.29) is 0 Å². The number of ether oxygens (including phenoxy) is 1. The third-order valence-corrected chi connectivity index (χ3v) is 5.02. The summed E-state index contributed by atoms with van der Waals surface area (Å²) in [5.41, 5.74) is 3.62. The summed E-state index contributed by atoms with van der Waals surface area (Å²) in [6.07, 6.45) is 2.62. The van der Waals surface area contributed by atoms with E-state index in [1.54, 1.807) is 6.20 Å². The monoisotopic (exact) mass is 412 g/mol. The number of rotatable bonds is 6. The molecule has 9 nitrogen and oxygen atoms in total. The van der Waals surface area contributed by atoms with Crippen LogP contribution in [0.2, 0.25) is 0 Å². The van der Waals surface area contributed by atoms with Gasteiger partial charge in [0.15, 0.2) is 5.65 Å². The summed E-state index contributed by atoms with van der Waals surface area (Å²) in [5, 5.41) is 18.6. The SMILES string of the molecule is CCc1cc(N(C)c2ccc(Oc3ccccc3-c3nn[nH]n3)cc2)n2nccc2n1. The quantitative estimate of drug-likeness (QED) is 0.450. The van der Waals surface area contributed by atoms with E-state index in [9.17, 15) is 0 Å². The van der Waals surface area contributed by atoms with E-state index < -0.39 is 0 Å². The lowest BCUT2D eigenvalue weighted by molar-refractivity contribution is 0.484. The number of para-hydroxylation sites is 1. The molecule has 0 amide bonds. The van der Waals surface area contributed by atoms with Crippen LogP contribution in [0, 0.1) is 0 Å². The first-order chi connectivity index (χ1) is 15.2. The number of aromatic nitrogens is 7. The number of aromatic amines is 1. The number of tetrazole rings is 1. The molecular formula is C22H20N8O. The fraction of sp³-hybridized carbons (Fsp3) is 0.136. The Morgan fingerprint density at radius 2 is 1.90 bits per heavy atom. The Hall–Kier alpha value is -4.27. The van der Waals surface area contributed by atoms with Gasteiger partial charge in [0.2, 0.25) is 5.82 Å². The first-order valence-electron chi connectivity index (χ1n) is 9.91. The molecular weight excluding hydrogens is 392 g/mol. The molecule has 0 spiro atoms. The van der Waals surface area contributed by atoms with Crippen molar-refractivity contribution in [2.45, 2.75) is 13.3 Å². The van der Waals surface area contributed by atoms with Crippen molar-refractivity contribution >= 4 is 17.2 Å². The van der Waals surface area contributed by atoms with Crippen LogP contribution in [-0.2, 0) is 6.42 Å². The van der Waals surface area contributed by atoms with Gasteiger partial charge in [0.1, 0.15) is 17.3 Å². The van der Waals surface area contributed by atoms with E-state index >= 15 is 0 Å². The number of anilines is 2. The third-order valence-electron chi connectivity index (χ3n) is 5.02. The minimum absolute atomic E-state index is 0.486. The standard InChI is InChI=1S/C22H20N8O/c1-3-15-14-21(30-20(24-15)12-13-23-30)29(2)16-8-10-17(11-9-16)31-19-7-5-4-6-18(19)22-25-27-28-26-22/h4-14H,3H2,1-2H3,(H,25,26,27,28). The predicted molar refractivity (Wildman–Crippen MR) is 117 cm³/mol. The van der Waals surface area contributed by atoms with Crippen LogP contribution in [0.5, 0.6) is 11.5 Å². The molecule has 31 heavy (non-hydrogen) atoms. The highest BCUT2D eigenvalue weighted by Crippen LogP contribution is 2.32. The van der Waals surface area contributed by atoms with Crippen LogP contribution in [0.25, 0.3) is 17.0 Å². The number of hydrogen-bond donors (Lipinski definition) is 1. The maximum Gasteiger partial charge on any atom is 0.208 e. The Morgan fingerprint density at radius 3 is 2.68 bits per heavy atom. The second kappa shape index (κ2) is 7.86. The molecule has 0 atom stereocenters. The highest BCUT2D eigenvalue weighted by atomic mass is 16.5. The maximum absolute atomic E-state index is 6.10. The fourth-order valence-electron chi connectivity index (χ4n) is 3.38. The second-order valence-corrected chi connectivity index (χ2v) is 6.95. The summed E-state index contributed by atoms with van der Waals surface area (Å²) in [6, 6.07) is 19.4. The number of nitrogens with zero attached hydrogens (tertiary/aromatic N) is 7. The molecule has 0 aliphatic carbocycles. The molecule has 0 radical (unpaired) electrons. The molecule has 154 valence electrons. The van der Waals surface area contributed by atoms with E-state index in [2.05, 4.69) is 48.6 Å². The zero-order valence-electron chi connectivity index (χ0n) is 17.1. The van der Waals surface area contributed by atoms with Gasteiger partial charge in [-0.2, -0.15) is 14.8 Å². The zero-order valence-corrected chi connectivity index (χ0v) is 17.1. The Bertz CT molecular complexity index is 1310. The molecule has 3 heterocycles. The van der Waals surface area contributed by atoms with Crippen molar-refractivity contribution in [3.05, 3.63) is 72.6 Å². The van der Waals surface area contributed by atoms with Crippen LogP contribution in [0.4, 0.5) is 11.5 Å². The molecule has 0 bridgehead atoms. The van der Waals surface area contributed by atoms with Gasteiger partial charge in [-0.15, -0.1) is 10.2 Å². The van der Waals surface area contributed by atoms with E-state index in [0.717, 1.165) is 34.8 Å². The fourth-order valence-corrected chi connectivity index (χ4v) is 3.38. The summed E-state index contributed by atoms with van der Waals surface area (Å²) in [7, 11) is 2.01. The van der Waals surface area contributed by atoms with Gasteiger partial charge < -0.3 is 9.64 Å². The van der Waals surface area contributed by atoms with Gasteiger partial charge in [-0.3, -0.25) is 0 Å². The Kier molecular flexibility index (Phi) is 4.75. The molecule has 9 heteroatoms. The van der Waals surface area contributed by atoms with Crippen LogP contribution in [0.1, 0.15) is 12.6 Å². The number of benzene rings is 2. The van der Waals surface area contributed by atoms with Crippen LogP contribution in [0.3, 0.4) is 0 Å². The number of H-pyrrole nitrogens is 1. The van der Waals surface area contributed by atoms with Crippen LogP contribution >= 0.6 is 0 Å². The van der Waals surface area contributed by atoms with Gasteiger partial charge in [0.05, 0.1) is 11.8 Å². The Balaban J connectivity index is 1.42. The number of nitrogens with one attached hydrogen (secondary N) is 1. The average molecular weight is 412 g/mol. The normalized spacial score (nSPS) is 11.0. The Morgan fingerprint density at radius 1 is 1.06 bits per heavy atom.